The number of hydrogen-bond donors (Lipinski definition) is 1. The number of benzene rings is 1. The van der Waals surface area contributed by atoms with Gasteiger partial charge in [0.2, 0.25) is 0 Å². The van der Waals surface area contributed by atoms with Crippen molar-refractivity contribution in [1.29, 1.82) is 0 Å². The van der Waals surface area contributed by atoms with E-state index < -0.39 is 6.04 Å². The Hall–Kier alpha value is -2.54. The van der Waals surface area contributed by atoms with Crippen LogP contribution in [0, 0.1) is 0 Å². The number of para-hydroxylation sites is 1. The molecule has 2 aromatic rings. The van der Waals surface area contributed by atoms with E-state index in [4.69, 9.17) is 14.2 Å². The molecule has 1 aromatic heterocycles. The minimum absolute atomic E-state index is 0.0646. The number of esters is 1. The lowest BCUT2D eigenvalue weighted by Gasteiger charge is -2.22. The largest absolute Gasteiger partial charge is 0.486 e. The zero-order valence-corrected chi connectivity index (χ0v) is 13.9. The second-order valence-corrected chi connectivity index (χ2v) is 6.13. The molecule has 3 rings (SSSR count). The SMILES string of the molecule is COC(=O)C[C@@H](NC(=O)c1cccc2c1OCCO2)c1cccs1. The fourth-order valence-corrected chi connectivity index (χ4v) is 3.23. The van der Waals surface area contributed by atoms with Gasteiger partial charge in [-0.15, -0.1) is 11.3 Å². The van der Waals surface area contributed by atoms with Gasteiger partial charge in [0.25, 0.3) is 5.91 Å². The zero-order chi connectivity index (χ0) is 16.9. The normalized spacial score (nSPS) is 13.9. The number of fused-ring (bicyclic) bond motifs is 1. The van der Waals surface area contributed by atoms with Gasteiger partial charge in [-0.25, -0.2) is 0 Å². The molecule has 6 nitrogen and oxygen atoms in total. The molecule has 0 spiro atoms. The van der Waals surface area contributed by atoms with Crippen LogP contribution in [0.1, 0.15) is 27.7 Å². The first-order valence-corrected chi connectivity index (χ1v) is 8.36. The molecule has 1 aromatic carbocycles. The molecule has 0 aliphatic carbocycles. The van der Waals surface area contributed by atoms with Crippen LogP contribution in [0.2, 0.25) is 0 Å². The Kier molecular flexibility index (Phi) is 5.00. The van der Waals surface area contributed by atoms with Gasteiger partial charge in [-0.1, -0.05) is 12.1 Å². The minimum Gasteiger partial charge on any atom is -0.486 e. The van der Waals surface area contributed by atoms with Crippen molar-refractivity contribution in [2.24, 2.45) is 0 Å². The standard InChI is InChI=1S/C17H17NO5S/c1-21-15(19)10-12(14-6-3-9-24-14)18-17(20)11-4-2-5-13-16(11)23-8-7-22-13/h2-6,9,12H,7-8,10H2,1H3,(H,18,20)/t12-/m1/s1. The van der Waals surface area contributed by atoms with Crippen molar-refractivity contribution in [3.05, 3.63) is 46.2 Å². The Labute approximate surface area is 143 Å². The van der Waals surface area contributed by atoms with Gasteiger partial charge < -0.3 is 19.5 Å². The molecule has 7 heteroatoms. The van der Waals surface area contributed by atoms with Gasteiger partial charge in [-0.3, -0.25) is 9.59 Å². The maximum atomic E-state index is 12.7. The second kappa shape index (κ2) is 7.35. The van der Waals surface area contributed by atoms with Crippen LogP contribution in [0.25, 0.3) is 0 Å². The summed E-state index contributed by atoms with van der Waals surface area (Å²) < 4.78 is 15.8. The van der Waals surface area contributed by atoms with Crippen molar-refractivity contribution in [2.75, 3.05) is 20.3 Å². The van der Waals surface area contributed by atoms with Crippen LogP contribution >= 0.6 is 11.3 Å². The Morgan fingerprint density at radius 1 is 1.25 bits per heavy atom. The highest BCUT2D eigenvalue weighted by Gasteiger charge is 2.25. The highest BCUT2D eigenvalue weighted by atomic mass is 32.1. The fraction of sp³-hybridized carbons (Fsp3) is 0.294. The summed E-state index contributed by atoms with van der Waals surface area (Å²) in [6, 6.07) is 8.47. The lowest BCUT2D eigenvalue weighted by molar-refractivity contribution is -0.141. The first-order chi connectivity index (χ1) is 11.7. The molecule has 0 fully saturated rings. The van der Waals surface area contributed by atoms with E-state index in [9.17, 15) is 9.59 Å². The molecular weight excluding hydrogens is 330 g/mol. The molecule has 1 amide bonds. The summed E-state index contributed by atoms with van der Waals surface area (Å²) in [5.41, 5.74) is 0.388. The Bertz CT molecular complexity index is 729. The third-order valence-corrected chi connectivity index (χ3v) is 4.59. The Morgan fingerprint density at radius 2 is 2.08 bits per heavy atom. The molecular formula is C17H17NO5S. The van der Waals surface area contributed by atoms with E-state index >= 15 is 0 Å². The summed E-state index contributed by atoms with van der Waals surface area (Å²) in [5, 5.41) is 4.78. The van der Waals surface area contributed by atoms with E-state index in [-0.39, 0.29) is 18.3 Å². The second-order valence-electron chi connectivity index (χ2n) is 5.15. The van der Waals surface area contributed by atoms with Gasteiger partial charge >= 0.3 is 5.97 Å². The Balaban J connectivity index is 1.82. The summed E-state index contributed by atoms with van der Waals surface area (Å²) in [7, 11) is 1.33. The topological polar surface area (TPSA) is 73.9 Å². The van der Waals surface area contributed by atoms with Crippen LogP contribution < -0.4 is 14.8 Å². The maximum Gasteiger partial charge on any atom is 0.307 e. The molecule has 24 heavy (non-hydrogen) atoms. The monoisotopic (exact) mass is 347 g/mol. The van der Waals surface area contributed by atoms with E-state index in [0.717, 1.165) is 4.88 Å². The first kappa shape index (κ1) is 16.3. The van der Waals surface area contributed by atoms with Crippen LogP contribution in [0.3, 0.4) is 0 Å². The summed E-state index contributed by atoms with van der Waals surface area (Å²) in [5.74, 6) is 0.279. The average Bonchev–Trinajstić information content (AvgIpc) is 3.15. The van der Waals surface area contributed by atoms with E-state index in [0.29, 0.717) is 30.3 Å². The maximum absolute atomic E-state index is 12.7. The molecule has 0 radical (unpaired) electrons. The van der Waals surface area contributed by atoms with Crippen molar-refractivity contribution in [3.63, 3.8) is 0 Å². The Morgan fingerprint density at radius 3 is 2.83 bits per heavy atom. The van der Waals surface area contributed by atoms with Gasteiger partial charge in [0, 0.05) is 4.88 Å². The number of nitrogens with one attached hydrogen (secondary N) is 1. The van der Waals surface area contributed by atoms with Gasteiger partial charge in [0.05, 0.1) is 25.1 Å². The molecule has 1 atom stereocenters. The fourth-order valence-electron chi connectivity index (χ4n) is 2.45. The summed E-state index contributed by atoms with van der Waals surface area (Å²) in [6.07, 6.45) is 0.0646. The highest BCUT2D eigenvalue weighted by Crippen LogP contribution is 2.34. The number of carbonyl (C=O) groups excluding carboxylic acids is 2. The predicted octanol–water partition coefficient (Wildman–Crippen LogP) is 2.55. The first-order valence-electron chi connectivity index (χ1n) is 7.48. The van der Waals surface area contributed by atoms with E-state index in [1.807, 2.05) is 17.5 Å². The molecule has 2 heterocycles. The number of hydrogen-bond acceptors (Lipinski definition) is 6. The minimum atomic E-state index is -0.453. The lowest BCUT2D eigenvalue weighted by atomic mass is 10.1. The van der Waals surface area contributed by atoms with Crippen molar-refractivity contribution in [3.8, 4) is 11.5 Å². The van der Waals surface area contributed by atoms with Gasteiger partial charge in [0.1, 0.15) is 13.2 Å². The van der Waals surface area contributed by atoms with Crippen LogP contribution in [-0.4, -0.2) is 32.2 Å². The molecule has 1 aliphatic heterocycles. The van der Waals surface area contributed by atoms with Crippen molar-refractivity contribution >= 4 is 23.2 Å². The van der Waals surface area contributed by atoms with E-state index in [1.54, 1.807) is 18.2 Å². The summed E-state index contributed by atoms with van der Waals surface area (Å²) in [6.45, 7) is 0.853. The quantitative estimate of drug-likeness (QED) is 0.842. The molecule has 0 bridgehead atoms. The van der Waals surface area contributed by atoms with Crippen LogP contribution in [0.15, 0.2) is 35.7 Å². The number of thiophene rings is 1. The van der Waals surface area contributed by atoms with Crippen LogP contribution in [0.5, 0.6) is 11.5 Å². The van der Waals surface area contributed by atoms with Crippen molar-refractivity contribution in [1.82, 2.24) is 5.32 Å². The molecule has 126 valence electrons. The van der Waals surface area contributed by atoms with E-state index in [2.05, 4.69) is 5.32 Å². The van der Waals surface area contributed by atoms with Gasteiger partial charge in [0.15, 0.2) is 11.5 Å². The van der Waals surface area contributed by atoms with E-state index in [1.165, 1.54) is 18.4 Å². The molecule has 1 N–H and O–H groups in total. The summed E-state index contributed by atoms with van der Waals surface area (Å²) in [4.78, 5) is 25.2. The average molecular weight is 347 g/mol. The summed E-state index contributed by atoms with van der Waals surface area (Å²) >= 11 is 1.47. The zero-order valence-electron chi connectivity index (χ0n) is 13.1. The van der Waals surface area contributed by atoms with Gasteiger partial charge in [-0.2, -0.15) is 0 Å². The molecule has 0 saturated heterocycles. The lowest BCUT2D eigenvalue weighted by Crippen LogP contribution is -2.31. The highest BCUT2D eigenvalue weighted by molar-refractivity contribution is 7.10. The van der Waals surface area contributed by atoms with Crippen LogP contribution in [0.4, 0.5) is 0 Å². The third-order valence-electron chi connectivity index (χ3n) is 3.60. The van der Waals surface area contributed by atoms with Gasteiger partial charge in [-0.05, 0) is 23.6 Å². The number of rotatable bonds is 5. The van der Waals surface area contributed by atoms with Crippen molar-refractivity contribution < 1.29 is 23.8 Å². The number of carbonyl (C=O) groups is 2. The van der Waals surface area contributed by atoms with Crippen molar-refractivity contribution in [2.45, 2.75) is 12.5 Å². The number of ether oxygens (including phenoxy) is 3. The molecule has 0 unspecified atom stereocenters. The molecule has 0 saturated carbocycles. The molecule has 1 aliphatic rings. The third kappa shape index (κ3) is 3.51. The number of amides is 1. The smallest absolute Gasteiger partial charge is 0.307 e. The number of methoxy groups -OCH3 is 1. The van der Waals surface area contributed by atoms with Crippen LogP contribution in [-0.2, 0) is 9.53 Å². The predicted molar refractivity (Wildman–Crippen MR) is 88.6 cm³/mol.